The summed E-state index contributed by atoms with van der Waals surface area (Å²) in [5.41, 5.74) is 8.57. The van der Waals surface area contributed by atoms with Gasteiger partial charge in [-0.15, -0.1) is 11.8 Å². The van der Waals surface area contributed by atoms with Gasteiger partial charge in [-0.05, 0) is 29.8 Å². The molecule has 2 N–H and O–H groups in total. The number of para-hydroxylation sites is 1. The summed E-state index contributed by atoms with van der Waals surface area (Å²) in [6.45, 7) is 0. The number of benzene rings is 2. The normalized spacial score (nSPS) is 10.8. The molecule has 100 valence electrons. The number of thioether (sulfide) groups is 1. The third-order valence-corrected chi connectivity index (χ3v) is 4.19. The maximum absolute atomic E-state index is 13.2. The summed E-state index contributed by atoms with van der Waals surface area (Å²) in [6, 6.07) is 14.5. The van der Waals surface area contributed by atoms with Crippen molar-refractivity contribution in [1.82, 2.24) is 4.98 Å². The average molecular weight is 284 g/mol. The van der Waals surface area contributed by atoms with E-state index in [9.17, 15) is 4.39 Å². The Morgan fingerprint density at radius 2 is 1.95 bits per heavy atom. The van der Waals surface area contributed by atoms with Crippen molar-refractivity contribution >= 4 is 28.4 Å². The molecule has 2 aromatic carbocycles. The van der Waals surface area contributed by atoms with E-state index in [1.165, 1.54) is 23.9 Å². The highest BCUT2D eigenvalue weighted by Gasteiger charge is 2.06. The summed E-state index contributed by atoms with van der Waals surface area (Å²) >= 11 is 1.52. The van der Waals surface area contributed by atoms with E-state index in [4.69, 9.17) is 5.73 Å². The van der Waals surface area contributed by atoms with Gasteiger partial charge >= 0.3 is 0 Å². The van der Waals surface area contributed by atoms with Gasteiger partial charge in [0.2, 0.25) is 0 Å². The molecule has 0 bridgehead atoms. The number of anilines is 1. The fourth-order valence-electron chi connectivity index (χ4n) is 2.07. The van der Waals surface area contributed by atoms with E-state index in [-0.39, 0.29) is 5.82 Å². The van der Waals surface area contributed by atoms with Gasteiger partial charge in [-0.25, -0.2) is 4.39 Å². The molecule has 3 rings (SSSR count). The molecule has 0 unspecified atom stereocenters. The second kappa shape index (κ2) is 5.51. The van der Waals surface area contributed by atoms with Gasteiger partial charge < -0.3 is 5.73 Å². The molecule has 0 aliphatic heterocycles. The van der Waals surface area contributed by atoms with Gasteiger partial charge in [0.25, 0.3) is 0 Å². The smallest absolute Gasteiger partial charge is 0.124 e. The number of halogens is 1. The van der Waals surface area contributed by atoms with Gasteiger partial charge in [0, 0.05) is 27.9 Å². The van der Waals surface area contributed by atoms with Crippen molar-refractivity contribution < 1.29 is 4.39 Å². The summed E-state index contributed by atoms with van der Waals surface area (Å²) in [7, 11) is 0. The van der Waals surface area contributed by atoms with Crippen LogP contribution in [0.1, 0.15) is 5.56 Å². The maximum Gasteiger partial charge on any atom is 0.124 e. The van der Waals surface area contributed by atoms with Crippen molar-refractivity contribution in [3.05, 3.63) is 66.1 Å². The Labute approximate surface area is 120 Å². The lowest BCUT2D eigenvalue weighted by molar-refractivity contribution is 0.624. The predicted molar refractivity (Wildman–Crippen MR) is 82.1 cm³/mol. The van der Waals surface area contributed by atoms with Crippen molar-refractivity contribution in [2.24, 2.45) is 0 Å². The Morgan fingerprint density at radius 3 is 2.85 bits per heavy atom. The second-order valence-electron chi connectivity index (χ2n) is 4.46. The number of hydrogen-bond acceptors (Lipinski definition) is 3. The standard InChI is InChI=1S/C16H13FN2S/c17-13-6-7-14(18)15(9-13)20-10-12-4-1-3-11-5-2-8-19-16(11)12/h1-9H,10,18H2. The first-order valence-electron chi connectivity index (χ1n) is 6.24. The van der Waals surface area contributed by atoms with Crippen LogP contribution in [0.25, 0.3) is 10.9 Å². The number of rotatable bonds is 3. The first kappa shape index (κ1) is 12.9. The van der Waals surface area contributed by atoms with Crippen LogP contribution in [0.3, 0.4) is 0 Å². The van der Waals surface area contributed by atoms with Gasteiger partial charge in [-0.3, -0.25) is 4.98 Å². The van der Waals surface area contributed by atoms with Gasteiger partial charge in [0.1, 0.15) is 5.82 Å². The molecule has 1 heterocycles. The van der Waals surface area contributed by atoms with Crippen LogP contribution in [0.4, 0.5) is 10.1 Å². The number of pyridine rings is 1. The highest BCUT2D eigenvalue weighted by molar-refractivity contribution is 7.98. The minimum atomic E-state index is -0.266. The number of nitrogen functional groups attached to an aromatic ring is 1. The number of nitrogens with zero attached hydrogens (tertiary/aromatic N) is 1. The zero-order valence-electron chi connectivity index (χ0n) is 10.7. The molecule has 2 nitrogen and oxygen atoms in total. The van der Waals surface area contributed by atoms with E-state index >= 15 is 0 Å². The third kappa shape index (κ3) is 2.60. The fraction of sp³-hybridized carbons (Fsp3) is 0.0625. The minimum Gasteiger partial charge on any atom is -0.398 e. The lowest BCUT2D eigenvalue weighted by Crippen LogP contribution is -1.91. The van der Waals surface area contributed by atoms with E-state index in [0.717, 1.165) is 21.4 Å². The highest BCUT2D eigenvalue weighted by Crippen LogP contribution is 2.30. The topological polar surface area (TPSA) is 38.9 Å². The van der Waals surface area contributed by atoms with E-state index in [2.05, 4.69) is 4.98 Å². The molecule has 0 aliphatic rings. The zero-order valence-corrected chi connectivity index (χ0v) is 11.5. The van der Waals surface area contributed by atoms with Crippen LogP contribution in [0.2, 0.25) is 0 Å². The van der Waals surface area contributed by atoms with E-state index < -0.39 is 0 Å². The van der Waals surface area contributed by atoms with Gasteiger partial charge in [-0.1, -0.05) is 24.3 Å². The minimum absolute atomic E-state index is 0.266. The van der Waals surface area contributed by atoms with Crippen LogP contribution in [0, 0.1) is 5.82 Å². The molecule has 0 spiro atoms. The summed E-state index contributed by atoms with van der Waals surface area (Å²) in [6.07, 6.45) is 1.78. The molecule has 0 saturated carbocycles. The van der Waals surface area contributed by atoms with E-state index in [0.29, 0.717) is 11.4 Å². The molecule has 20 heavy (non-hydrogen) atoms. The molecule has 0 amide bonds. The van der Waals surface area contributed by atoms with Crippen molar-refractivity contribution in [1.29, 1.82) is 0 Å². The van der Waals surface area contributed by atoms with Crippen LogP contribution in [0.5, 0.6) is 0 Å². The highest BCUT2D eigenvalue weighted by atomic mass is 32.2. The Hall–Kier alpha value is -2.07. The van der Waals surface area contributed by atoms with Crippen molar-refractivity contribution in [2.45, 2.75) is 10.6 Å². The molecule has 1 aromatic heterocycles. The van der Waals surface area contributed by atoms with E-state index in [1.807, 2.05) is 30.3 Å². The predicted octanol–water partition coefficient (Wildman–Crippen LogP) is 4.25. The molecular weight excluding hydrogens is 271 g/mol. The molecule has 4 heteroatoms. The summed E-state index contributed by atoms with van der Waals surface area (Å²) in [5, 5.41) is 1.11. The molecular formula is C16H13FN2S. The average Bonchev–Trinajstić information content (AvgIpc) is 2.48. The quantitative estimate of drug-likeness (QED) is 0.577. The van der Waals surface area contributed by atoms with Crippen molar-refractivity contribution in [3.63, 3.8) is 0 Å². The Bertz CT molecular complexity index is 753. The monoisotopic (exact) mass is 284 g/mol. The molecule has 3 aromatic rings. The Kier molecular flexibility index (Phi) is 3.56. The van der Waals surface area contributed by atoms with Crippen molar-refractivity contribution in [2.75, 3.05) is 5.73 Å². The number of nitrogens with two attached hydrogens (primary N) is 1. The van der Waals surface area contributed by atoms with Gasteiger partial charge in [0.15, 0.2) is 0 Å². The first-order chi connectivity index (χ1) is 9.74. The summed E-state index contributed by atoms with van der Waals surface area (Å²) in [5.74, 6) is 0.444. The SMILES string of the molecule is Nc1ccc(F)cc1SCc1cccc2cccnc12. The third-order valence-electron chi connectivity index (χ3n) is 3.08. The molecule has 0 fully saturated rings. The summed E-state index contributed by atoms with van der Waals surface area (Å²) < 4.78 is 13.2. The van der Waals surface area contributed by atoms with Crippen molar-refractivity contribution in [3.8, 4) is 0 Å². The largest absolute Gasteiger partial charge is 0.398 e. The molecule has 0 atom stereocenters. The number of aromatic nitrogens is 1. The van der Waals surface area contributed by atoms with Crippen LogP contribution in [-0.2, 0) is 5.75 Å². The van der Waals surface area contributed by atoms with Gasteiger partial charge in [-0.2, -0.15) is 0 Å². The Balaban J connectivity index is 1.89. The number of fused-ring (bicyclic) bond motifs is 1. The lowest BCUT2D eigenvalue weighted by Gasteiger charge is -2.07. The summed E-state index contributed by atoms with van der Waals surface area (Å²) in [4.78, 5) is 5.18. The fourth-order valence-corrected chi connectivity index (χ4v) is 3.05. The van der Waals surface area contributed by atoms with Crippen LogP contribution >= 0.6 is 11.8 Å². The maximum atomic E-state index is 13.2. The molecule has 0 aliphatic carbocycles. The molecule has 0 radical (unpaired) electrons. The van der Waals surface area contributed by atoms with E-state index in [1.54, 1.807) is 12.3 Å². The lowest BCUT2D eigenvalue weighted by atomic mass is 10.1. The van der Waals surface area contributed by atoms with Crippen LogP contribution in [-0.4, -0.2) is 4.98 Å². The zero-order chi connectivity index (χ0) is 13.9. The van der Waals surface area contributed by atoms with Gasteiger partial charge in [0.05, 0.1) is 5.52 Å². The first-order valence-corrected chi connectivity index (χ1v) is 7.23. The second-order valence-corrected chi connectivity index (χ2v) is 5.48. The Morgan fingerprint density at radius 1 is 1.10 bits per heavy atom. The molecule has 0 saturated heterocycles. The van der Waals surface area contributed by atoms with Crippen LogP contribution in [0.15, 0.2) is 59.6 Å². The number of hydrogen-bond donors (Lipinski definition) is 1. The van der Waals surface area contributed by atoms with Crippen LogP contribution < -0.4 is 5.73 Å².